The number of carbonyl (C=O) groups excluding carboxylic acids is 2. The highest BCUT2D eigenvalue weighted by Gasteiger charge is 2.31. The lowest BCUT2D eigenvalue weighted by Gasteiger charge is -2.38. The summed E-state index contributed by atoms with van der Waals surface area (Å²) >= 11 is 0. The fraction of sp³-hybridized carbons (Fsp3) is 0.394. The van der Waals surface area contributed by atoms with Crippen molar-refractivity contribution in [2.24, 2.45) is 0 Å². The number of piperazine rings is 1. The summed E-state index contributed by atoms with van der Waals surface area (Å²) in [5.74, 6) is -0.290. The number of rotatable bonds is 7. The molecule has 3 aromatic carbocycles. The van der Waals surface area contributed by atoms with Gasteiger partial charge in [0.05, 0.1) is 0 Å². The van der Waals surface area contributed by atoms with Gasteiger partial charge < -0.3 is 28.8 Å². The number of fused-ring (bicyclic) bond motifs is 3. The van der Waals surface area contributed by atoms with E-state index in [9.17, 15) is 21.9 Å². The summed E-state index contributed by atoms with van der Waals surface area (Å²) in [6, 6.07) is 17.5. The third-order valence-corrected chi connectivity index (χ3v) is 8.45. The third kappa shape index (κ3) is 7.33. The Morgan fingerprint density at radius 1 is 0.933 bits per heavy atom. The summed E-state index contributed by atoms with van der Waals surface area (Å²) in [6.45, 7) is 10.6. The van der Waals surface area contributed by atoms with Crippen molar-refractivity contribution in [1.29, 1.82) is 0 Å². The Labute approximate surface area is 263 Å². The average molecular weight is 640 g/mol. The number of ether oxygens (including phenoxy) is 2. The zero-order chi connectivity index (χ0) is 32.5. The second kappa shape index (κ2) is 12.6. The van der Waals surface area contributed by atoms with Gasteiger partial charge in [-0.25, -0.2) is 9.59 Å². The molecule has 0 spiro atoms. The standard InChI is InChI=1S/C33H38FN3O7S/c1-21-23(19-35-31(38)42-20-28-26-12-8-6-10-24(26)25-11-7-9-13-27(25)28)18-29(44-45(34,40)41)22(2)30(21)36-14-16-37(17-15-36)32(39)43-33(3,4)5/h6-13,18,28H,14-17,19-20H2,1-5H3,(H,35,38). The van der Waals surface area contributed by atoms with Crippen LogP contribution in [0.15, 0.2) is 54.6 Å². The summed E-state index contributed by atoms with van der Waals surface area (Å²) in [5, 5.41) is 2.75. The van der Waals surface area contributed by atoms with Crippen LogP contribution in [0.3, 0.4) is 0 Å². The molecule has 0 saturated carbocycles. The molecular weight excluding hydrogens is 601 g/mol. The van der Waals surface area contributed by atoms with E-state index in [1.165, 1.54) is 6.07 Å². The van der Waals surface area contributed by atoms with Gasteiger partial charge in [0, 0.05) is 49.9 Å². The summed E-state index contributed by atoms with van der Waals surface area (Å²) in [6.07, 6.45) is -1.06. The van der Waals surface area contributed by atoms with Crippen molar-refractivity contribution in [1.82, 2.24) is 10.2 Å². The van der Waals surface area contributed by atoms with Crippen molar-refractivity contribution < 1.29 is 35.5 Å². The largest absolute Gasteiger partial charge is 0.488 e. The SMILES string of the molecule is Cc1c(CNC(=O)OCC2c3ccccc3-c3ccccc32)cc(OS(=O)(=O)F)c(C)c1N1CCN(C(=O)OC(C)(C)C)CC1. The normalized spacial score (nSPS) is 14.9. The lowest BCUT2D eigenvalue weighted by Crippen LogP contribution is -2.50. The van der Waals surface area contributed by atoms with Crippen molar-refractivity contribution in [2.45, 2.75) is 52.7 Å². The maximum absolute atomic E-state index is 13.7. The van der Waals surface area contributed by atoms with Crippen molar-refractivity contribution in [3.05, 3.63) is 82.4 Å². The van der Waals surface area contributed by atoms with Crippen molar-refractivity contribution in [3.8, 4) is 16.9 Å². The molecule has 0 bridgehead atoms. The van der Waals surface area contributed by atoms with Crippen molar-refractivity contribution >= 4 is 28.4 Å². The highest BCUT2D eigenvalue weighted by atomic mass is 32.3. The van der Waals surface area contributed by atoms with Gasteiger partial charge in [0.15, 0.2) is 5.75 Å². The Morgan fingerprint density at radius 2 is 1.51 bits per heavy atom. The number of hydrogen-bond acceptors (Lipinski definition) is 8. The van der Waals surface area contributed by atoms with Gasteiger partial charge >= 0.3 is 22.7 Å². The second-order valence-electron chi connectivity index (χ2n) is 12.2. The van der Waals surface area contributed by atoms with Crippen LogP contribution in [0.2, 0.25) is 0 Å². The Bertz CT molecular complexity index is 1670. The molecule has 1 heterocycles. The first kappa shape index (κ1) is 32.1. The number of anilines is 1. The maximum Gasteiger partial charge on any atom is 0.488 e. The predicted octanol–water partition coefficient (Wildman–Crippen LogP) is 5.99. The molecule has 0 unspecified atom stereocenters. The lowest BCUT2D eigenvalue weighted by atomic mass is 9.98. The van der Waals surface area contributed by atoms with E-state index in [-0.39, 0.29) is 24.8 Å². The van der Waals surface area contributed by atoms with E-state index < -0.39 is 28.3 Å². The van der Waals surface area contributed by atoms with Crippen LogP contribution in [0, 0.1) is 13.8 Å². The number of carbonyl (C=O) groups is 2. The summed E-state index contributed by atoms with van der Waals surface area (Å²) in [5.41, 5.74) is 6.13. The monoisotopic (exact) mass is 639 g/mol. The number of nitrogens with zero attached hydrogens (tertiary/aromatic N) is 2. The number of hydrogen-bond donors (Lipinski definition) is 1. The highest BCUT2D eigenvalue weighted by molar-refractivity contribution is 7.81. The highest BCUT2D eigenvalue weighted by Crippen LogP contribution is 2.44. The Balaban J connectivity index is 1.30. The molecule has 0 aromatic heterocycles. The molecular formula is C33H38FN3O7S. The number of amides is 2. The molecule has 3 aromatic rings. The number of nitrogens with one attached hydrogen (secondary N) is 1. The molecule has 1 aliphatic carbocycles. The first-order chi connectivity index (χ1) is 21.2. The smallest absolute Gasteiger partial charge is 0.449 e. The molecule has 2 amide bonds. The minimum atomic E-state index is -5.31. The van der Waals surface area contributed by atoms with Gasteiger partial charge in [-0.2, -0.15) is 8.42 Å². The Morgan fingerprint density at radius 3 is 2.07 bits per heavy atom. The number of alkyl carbamates (subject to hydrolysis) is 1. The molecule has 2 aliphatic rings. The molecule has 240 valence electrons. The summed E-state index contributed by atoms with van der Waals surface area (Å²) in [7, 11) is -5.31. The van der Waals surface area contributed by atoms with Crippen LogP contribution in [0.25, 0.3) is 11.1 Å². The van der Waals surface area contributed by atoms with Gasteiger partial charge in [-0.15, -0.1) is 0 Å². The molecule has 1 saturated heterocycles. The van der Waals surface area contributed by atoms with Gasteiger partial charge in [-0.1, -0.05) is 52.4 Å². The molecule has 5 rings (SSSR count). The summed E-state index contributed by atoms with van der Waals surface area (Å²) in [4.78, 5) is 29.1. The molecule has 45 heavy (non-hydrogen) atoms. The molecule has 1 aliphatic heterocycles. The molecule has 0 radical (unpaired) electrons. The quantitative estimate of drug-likeness (QED) is 0.314. The van der Waals surface area contributed by atoms with Gasteiger partial charge in [-0.05, 0) is 74.1 Å². The minimum absolute atomic E-state index is 0.0175. The van der Waals surface area contributed by atoms with Gasteiger partial charge in [-0.3, -0.25) is 0 Å². The first-order valence-electron chi connectivity index (χ1n) is 14.8. The zero-order valence-electron chi connectivity index (χ0n) is 26.1. The second-order valence-corrected chi connectivity index (χ2v) is 13.2. The van der Waals surface area contributed by atoms with Crippen LogP contribution in [-0.4, -0.2) is 63.9 Å². The van der Waals surface area contributed by atoms with Gasteiger partial charge in [0.25, 0.3) is 0 Å². The van der Waals surface area contributed by atoms with E-state index >= 15 is 0 Å². The van der Waals surface area contributed by atoms with Crippen LogP contribution >= 0.6 is 0 Å². The van der Waals surface area contributed by atoms with E-state index in [0.717, 1.165) is 27.8 Å². The number of halogens is 1. The fourth-order valence-corrected chi connectivity index (χ4v) is 6.42. The van der Waals surface area contributed by atoms with Crippen LogP contribution < -0.4 is 14.4 Å². The van der Waals surface area contributed by atoms with Gasteiger partial charge in [0.2, 0.25) is 0 Å². The summed E-state index contributed by atoms with van der Waals surface area (Å²) < 4.78 is 52.5. The molecule has 10 nitrogen and oxygen atoms in total. The Hall–Kier alpha value is -4.32. The van der Waals surface area contributed by atoms with E-state index in [1.54, 1.807) is 32.6 Å². The van der Waals surface area contributed by atoms with Crippen LogP contribution in [0.1, 0.15) is 54.5 Å². The molecule has 1 N–H and O–H groups in total. The molecule has 1 fully saturated rings. The van der Waals surface area contributed by atoms with E-state index in [2.05, 4.69) is 17.4 Å². The fourth-order valence-electron chi connectivity index (χ4n) is 6.03. The van der Waals surface area contributed by atoms with Gasteiger partial charge in [0.1, 0.15) is 12.2 Å². The van der Waals surface area contributed by atoms with Crippen LogP contribution in [-0.2, 0) is 26.5 Å². The van der Waals surface area contributed by atoms with Crippen LogP contribution in [0.4, 0.5) is 19.2 Å². The average Bonchev–Trinajstić information content (AvgIpc) is 3.29. The predicted molar refractivity (Wildman–Crippen MR) is 169 cm³/mol. The van der Waals surface area contributed by atoms with E-state index in [0.29, 0.717) is 43.0 Å². The van der Waals surface area contributed by atoms with Crippen LogP contribution in [0.5, 0.6) is 5.75 Å². The minimum Gasteiger partial charge on any atom is -0.449 e. The van der Waals surface area contributed by atoms with Crippen molar-refractivity contribution in [3.63, 3.8) is 0 Å². The van der Waals surface area contributed by atoms with Crippen molar-refractivity contribution in [2.75, 3.05) is 37.7 Å². The maximum atomic E-state index is 13.7. The van der Waals surface area contributed by atoms with E-state index in [4.69, 9.17) is 13.7 Å². The van der Waals surface area contributed by atoms with E-state index in [1.807, 2.05) is 48.2 Å². The molecule has 0 atom stereocenters. The number of benzene rings is 3. The topological polar surface area (TPSA) is 114 Å². The zero-order valence-corrected chi connectivity index (χ0v) is 26.9. The lowest BCUT2D eigenvalue weighted by molar-refractivity contribution is 0.0240. The molecule has 12 heteroatoms. The Kier molecular flexibility index (Phi) is 8.97. The first-order valence-corrected chi connectivity index (χ1v) is 16.1. The third-order valence-electron chi connectivity index (χ3n) is 8.07.